The molecule has 1 heterocycles. The molecule has 1 aliphatic carbocycles. The third-order valence-corrected chi connectivity index (χ3v) is 9.06. The SMILES string of the molecule is CN(CC(CCN1CCC(=C2C=CC(Cc3ccccc3)=CC2)CC1)c1ccc(Cl)c(Cl)c1)C(=O)c1ccccc1. The Morgan fingerprint density at radius 2 is 1.61 bits per heavy atom. The summed E-state index contributed by atoms with van der Waals surface area (Å²) in [6, 6.07) is 26.0. The van der Waals surface area contributed by atoms with Crippen molar-refractivity contribution in [2.24, 2.45) is 0 Å². The van der Waals surface area contributed by atoms with E-state index in [1.807, 2.05) is 60.5 Å². The second-order valence-electron chi connectivity index (χ2n) is 11.2. The largest absolute Gasteiger partial charge is 0.341 e. The summed E-state index contributed by atoms with van der Waals surface area (Å²) in [4.78, 5) is 17.5. The van der Waals surface area contributed by atoms with Crippen LogP contribution in [0.4, 0.5) is 0 Å². The van der Waals surface area contributed by atoms with E-state index in [-0.39, 0.29) is 11.8 Å². The first kappa shape index (κ1) is 29.4. The van der Waals surface area contributed by atoms with Crippen molar-refractivity contribution in [2.45, 2.75) is 38.0 Å². The van der Waals surface area contributed by atoms with Crippen molar-refractivity contribution in [3.8, 4) is 0 Å². The van der Waals surface area contributed by atoms with E-state index < -0.39 is 0 Å². The van der Waals surface area contributed by atoms with Gasteiger partial charge in [0.05, 0.1) is 10.0 Å². The minimum Gasteiger partial charge on any atom is -0.341 e. The Morgan fingerprint density at radius 1 is 0.902 bits per heavy atom. The van der Waals surface area contributed by atoms with Crippen LogP contribution in [0.5, 0.6) is 0 Å². The van der Waals surface area contributed by atoms with Crippen LogP contribution < -0.4 is 0 Å². The first-order valence-electron chi connectivity index (χ1n) is 14.6. The maximum absolute atomic E-state index is 13.1. The summed E-state index contributed by atoms with van der Waals surface area (Å²) in [6.07, 6.45) is 12.3. The van der Waals surface area contributed by atoms with Crippen LogP contribution in [0.3, 0.4) is 0 Å². The van der Waals surface area contributed by atoms with Crippen LogP contribution in [-0.2, 0) is 6.42 Å². The molecular formula is C36H38Cl2N2O. The predicted molar refractivity (Wildman–Crippen MR) is 172 cm³/mol. The summed E-state index contributed by atoms with van der Waals surface area (Å²) >= 11 is 12.6. The number of carbonyl (C=O) groups is 1. The van der Waals surface area contributed by atoms with E-state index in [1.165, 1.54) is 16.7 Å². The summed E-state index contributed by atoms with van der Waals surface area (Å²) < 4.78 is 0. The molecule has 0 bridgehead atoms. The van der Waals surface area contributed by atoms with Crippen LogP contribution >= 0.6 is 23.2 Å². The zero-order chi connectivity index (χ0) is 28.6. The molecule has 1 fully saturated rings. The molecule has 0 N–H and O–H groups in total. The van der Waals surface area contributed by atoms with Gasteiger partial charge in [-0.3, -0.25) is 4.79 Å². The van der Waals surface area contributed by atoms with Gasteiger partial charge in [-0.1, -0.05) is 102 Å². The summed E-state index contributed by atoms with van der Waals surface area (Å²) in [5.41, 5.74) is 7.69. The van der Waals surface area contributed by atoms with Gasteiger partial charge in [0.2, 0.25) is 0 Å². The zero-order valence-electron chi connectivity index (χ0n) is 23.7. The third-order valence-electron chi connectivity index (χ3n) is 8.32. The predicted octanol–water partition coefficient (Wildman–Crippen LogP) is 8.76. The number of piperidine rings is 1. The minimum absolute atomic E-state index is 0.0337. The summed E-state index contributed by atoms with van der Waals surface area (Å²) in [5, 5.41) is 1.11. The fraction of sp³-hybridized carbons (Fsp3) is 0.306. The van der Waals surface area contributed by atoms with Crippen molar-refractivity contribution < 1.29 is 4.79 Å². The van der Waals surface area contributed by atoms with Gasteiger partial charge in [0.25, 0.3) is 5.91 Å². The number of amides is 1. The molecule has 3 aromatic carbocycles. The van der Waals surface area contributed by atoms with Gasteiger partial charge in [0.15, 0.2) is 0 Å². The first-order valence-corrected chi connectivity index (χ1v) is 15.3. The maximum Gasteiger partial charge on any atom is 0.253 e. The van der Waals surface area contributed by atoms with Gasteiger partial charge < -0.3 is 9.80 Å². The number of rotatable bonds is 9. The molecule has 41 heavy (non-hydrogen) atoms. The lowest BCUT2D eigenvalue weighted by atomic mass is 9.90. The number of likely N-dealkylation sites (N-methyl/N-ethyl adjacent to an activating group) is 1. The highest BCUT2D eigenvalue weighted by molar-refractivity contribution is 6.42. The number of hydrogen-bond donors (Lipinski definition) is 0. The molecule has 2 aliphatic rings. The van der Waals surface area contributed by atoms with Crippen LogP contribution in [0.15, 0.2) is 114 Å². The molecule has 3 aromatic rings. The molecule has 0 aromatic heterocycles. The van der Waals surface area contributed by atoms with E-state index in [1.54, 1.807) is 5.57 Å². The monoisotopic (exact) mass is 584 g/mol. The molecule has 5 heteroatoms. The van der Waals surface area contributed by atoms with Gasteiger partial charge in [-0.25, -0.2) is 0 Å². The Kier molecular flexibility index (Phi) is 10.2. The van der Waals surface area contributed by atoms with E-state index in [0.29, 0.717) is 22.2 Å². The minimum atomic E-state index is 0.0337. The molecular weight excluding hydrogens is 547 g/mol. The summed E-state index contributed by atoms with van der Waals surface area (Å²) in [5.74, 6) is 0.197. The number of allylic oxidation sites excluding steroid dienone is 5. The maximum atomic E-state index is 13.1. The highest BCUT2D eigenvalue weighted by Gasteiger charge is 2.22. The van der Waals surface area contributed by atoms with Crippen molar-refractivity contribution in [1.29, 1.82) is 0 Å². The van der Waals surface area contributed by atoms with E-state index in [4.69, 9.17) is 23.2 Å². The van der Waals surface area contributed by atoms with Crippen LogP contribution in [0.1, 0.15) is 53.1 Å². The molecule has 1 aliphatic heterocycles. The number of halogens is 2. The van der Waals surface area contributed by atoms with Gasteiger partial charge in [-0.2, -0.15) is 0 Å². The normalized spacial score (nSPS) is 16.4. The van der Waals surface area contributed by atoms with Crippen molar-refractivity contribution in [1.82, 2.24) is 9.80 Å². The van der Waals surface area contributed by atoms with Gasteiger partial charge in [-0.05, 0) is 85.2 Å². The number of carbonyl (C=O) groups excluding carboxylic acids is 1. The van der Waals surface area contributed by atoms with E-state index >= 15 is 0 Å². The van der Waals surface area contributed by atoms with E-state index in [9.17, 15) is 4.79 Å². The van der Waals surface area contributed by atoms with Crippen LogP contribution in [0.25, 0.3) is 0 Å². The van der Waals surface area contributed by atoms with Crippen LogP contribution in [-0.4, -0.2) is 48.9 Å². The first-order chi connectivity index (χ1) is 20.0. The number of benzene rings is 3. The molecule has 1 atom stereocenters. The van der Waals surface area contributed by atoms with Crippen molar-refractivity contribution in [3.63, 3.8) is 0 Å². The Bertz CT molecular complexity index is 1420. The lowest BCUT2D eigenvalue weighted by Gasteiger charge is -2.32. The molecule has 5 rings (SSSR count). The Morgan fingerprint density at radius 3 is 2.27 bits per heavy atom. The van der Waals surface area contributed by atoms with Gasteiger partial charge in [-0.15, -0.1) is 0 Å². The Balaban J connectivity index is 1.18. The summed E-state index contributed by atoms with van der Waals surface area (Å²) in [6.45, 7) is 3.75. The molecule has 0 spiro atoms. The quantitative estimate of drug-likeness (QED) is 0.251. The van der Waals surface area contributed by atoms with Crippen molar-refractivity contribution >= 4 is 29.1 Å². The molecule has 3 nitrogen and oxygen atoms in total. The average Bonchev–Trinajstić information content (AvgIpc) is 3.02. The van der Waals surface area contributed by atoms with Crippen molar-refractivity contribution in [3.05, 3.63) is 141 Å². The fourth-order valence-electron chi connectivity index (χ4n) is 5.86. The van der Waals surface area contributed by atoms with Gasteiger partial charge in [0.1, 0.15) is 0 Å². The highest BCUT2D eigenvalue weighted by atomic mass is 35.5. The lowest BCUT2D eigenvalue weighted by molar-refractivity contribution is 0.0782. The third kappa shape index (κ3) is 8.01. The number of hydrogen-bond acceptors (Lipinski definition) is 2. The van der Waals surface area contributed by atoms with Crippen molar-refractivity contribution in [2.75, 3.05) is 33.2 Å². The van der Waals surface area contributed by atoms with Crippen LogP contribution in [0.2, 0.25) is 10.0 Å². The molecule has 1 saturated heterocycles. The molecule has 1 unspecified atom stereocenters. The van der Waals surface area contributed by atoms with E-state index in [0.717, 1.165) is 57.3 Å². The highest BCUT2D eigenvalue weighted by Crippen LogP contribution is 2.31. The van der Waals surface area contributed by atoms with Crippen LogP contribution in [0, 0.1) is 0 Å². The lowest BCUT2D eigenvalue weighted by Crippen LogP contribution is -2.35. The zero-order valence-corrected chi connectivity index (χ0v) is 25.2. The average molecular weight is 586 g/mol. The fourth-order valence-corrected chi connectivity index (χ4v) is 6.17. The standard InChI is InChI=1S/C36H38Cl2N2O/c1-39(36(41)31-10-6-3-7-11-31)26-33(32-16-17-34(37)35(38)25-32)20-23-40-21-18-30(19-22-40)29-14-12-28(13-15-29)24-27-8-4-2-5-9-27/h2-14,16-17,25,33H,15,18-24,26H2,1H3. The molecule has 0 saturated carbocycles. The Labute approximate surface area is 254 Å². The smallest absolute Gasteiger partial charge is 0.253 e. The topological polar surface area (TPSA) is 23.6 Å². The van der Waals surface area contributed by atoms with Gasteiger partial charge >= 0.3 is 0 Å². The number of likely N-dealkylation sites (tertiary alicyclic amines) is 1. The molecule has 0 radical (unpaired) electrons. The Hall–Kier alpha value is -3.11. The molecule has 212 valence electrons. The second kappa shape index (κ2) is 14.2. The number of nitrogens with zero attached hydrogens (tertiary/aromatic N) is 2. The van der Waals surface area contributed by atoms with E-state index in [2.05, 4.69) is 53.5 Å². The summed E-state index contributed by atoms with van der Waals surface area (Å²) in [7, 11) is 1.89. The molecule has 1 amide bonds. The second-order valence-corrected chi connectivity index (χ2v) is 12.0. The van der Waals surface area contributed by atoms with Gasteiger partial charge in [0, 0.05) is 38.2 Å².